The Morgan fingerprint density at radius 1 is 1.43 bits per heavy atom. The highest BCUT2D eigenvalue weighted by atomic mass is 32.2. The average Bonchev–Trinajstić information content (AvgIpc) is 2.36. The molecule has 0 aliphatic heterocycles. The summed E-state index contributed by atoms with van der Waals surface area (Å²) < 4.78 is 66.8. The molecule has 8 nitrogen and oxygen atoms in total. The highest BCUT2D eigenvalue weighted by molar-refractivity contribution is 7.87. The predicted molar refractivity (Wildman–Crippen MR) is 64.3 cm³/mol. The molecule has 0 heterocycles. The number of carbonyl (C=O) groups is 1. The van der Waals surface area contributed by atoms with E-state index in [0.29, 0.717) is 12.8 Å². The molecule has 0 bridgehead atoms. The molecule has 0 aromatic carbocycles. The number of esters is 1. The van der Waals surface area contributed by atoms with Crippen LogP contribution in [-0.2, 0) is 23.8 Å². The molecule has 0 fully saturated rings. The van der Waals surface area contributed by atoms with Crippen molar-refractivity contribution in [1.29, 1.82) is 0 Å². The second-order valence-corrected chi connectivity index (χ2v) is 5.31. The van der Waals surface area contributed by atoms with Crippen molar-refractivity contribution in [3.05, 3.63) is 10.4 Å². The van der Waals surface area contributed by atoms with E-state index in [1.165, 1.54) is 0 Å². The Hall–Kier alpha value is -1.52. The Labute approximate surface area is 119 Å². The van der Waals surface area contributed by atoms with Gasteiger partial charge in [-0.25, -0.2) is 8.98 Å². The van der Waals surface area contributed by atoms with E-state index in [2.05, 4.69) is 18.9 Å². The van der Waals surface area contributed by atoms with Crippen LogP contribution in [-0.4, -0.2) is 39.2 Å². The van der Waals surface area contributed by atoms with Crippen LogP contribution in [0.2, 0.25) is 0 Å². The van der Waals surface area contributed by atoms with Crippen molar-refractivity contribution in [3.8, 4) is 0 Å². The molecule has 0 aromatic rings. The fraction of sp³-hybridized carbons (Fsp3) is 0.889. The van der Waals surface area contributed by atoms with Crippen LogP contribution >= 0.6 is 0 Å². The number of halogens is 3. The lowest BCUT2D eigenvalue weighted by Gasteiger charge is -2.16. The van der Waals surface area contributed by atoms with Crippen LogP contribution in [0.15, 0.2) is 5.11 Å². The van der Waals surface area contributed by atoms with Crippen LogP contribution in [0.5, 0.6) is 0 Å². The first-order valence-corrected chi connectivity index (χ1v) is 7.23. The molecule has 0 saturated heterocycles. The molecule has 0 aliphatic carbocycles. The highest BCUT2D eigenvalue weighted by Gasteiger charge is 2.49. The fourth-order valence-corrected chi connectivity index (χ4v) is 1.63. The van der Waals surface area contributed by atoms with Crippen molar-refractivity contribution >= 4 is 16.1 Å². The molecular formula is C9H14F3N3O5S. The molecule has 0 amide bonds. The Bertz CT molecular complexity index is 487. The topological polar surface area (TPSA) is 118 Å². The Balaban J connectivity index is 4.89. The SMILES string of the molecule is CCCCOC(=O)[C@@H](CCN=[N+]=[N-])OS(=O)(=O)C(F)(F)F. The van der Waals surface area contributed by atoms with Gasteiger partial charge in [0.25, 0.3) is 0 Å². The van der Waals surface area contributed by atoms with Crippen molar-refractivity contribution in [1.82, 2.24) is 0 Å². The largest absolute Gasteiger partial charge is 0.523 e. The second-order valence-electron chi connectivity index (χ2n) is 3.75. The predicted octanol–water partition coefficient (Wildman–Crippen LogP) is 2.26. The van der Waals surface area contributed by atoms with Crippen molar-refractivity contribution in [2.24, 2.45) is 5.11 Å². The molecule has 1 atom stereocenters. The van der Waals surface area contributed by atoms with Gasteiger partial charge in [-0.15, -0.1) is 0 Å². The highest BCUT2D eigenvalue weighted by Crippen LogP contribution is 2.26. The lowest BCUT2D eigenvalue weighted by molar-refractivity contribution is -0.152. The summed E-state index contributed by atoms with van der Waals surface area (Å²) in [5.41, 5.74) is 2.40. The van der Waals surface area contributed by atoms with Crippen LogP contribution in [0.4, 0.5) is 13.2 Å². The third-order valence-corrected chi connectivity index (χ3v) is 3.14. The normalized spacial score (nSPS) is 13.3. The maximum atomic E-state index is 12.2. The first-order chi connectivity index (χ1) is 9.65. The quantitative estimate of drug-likeness (QED) is 0.122. The van der Waals surface area contributed by atoms with Crippen LogP contribution in [0.1, 0.15) is 26.2 Å². The molecule has 12 heteroatoms. The van der Waals surface area contributed by atoms with Gasteiger partial charge in [0.05, 0.1) is 6.61 Å². The molecule has 122 valence electrons. The minimum Gasteiger partial charge on any atom is -0.464 e. The zero-order valence-electron chi connectivity index (χ0n) is 11.0. The van der Waals surface area contributed by atoms with E-state index >= 15 is 0 Å². The lowest BCUT2D eigenvalue weighted by atomic mass is 10.2. The monoisotopic (exact) mass is 333 g/mol. The molecule has 0 rings (SSSR count). The van der Waals surface area contributed by atoms with E-state index in [9.17, 15) is 26.4 Å². The first-order valence-electron chi connectivity index (χ1n) is 5.82. The summed E-state index contributed by atoms with van der Waals surface area (Å²) in [5, 5.41) is 3.00. The van der Waals surface area contributed by atoms with Gasteiger partial charge in [-0.2, -0.15) is 21.6 Å². The fourth-order valence-electron chi connectivity index (χ4n) is 1.04. The van der Waals surface area contributed by atoms with Crippen molar-refractivity contribution < 1.29 is 35.3 Å². The van der Waals surface area contributed by atoms with Gasteiger partial charge >= 0.3 is 21.6 Å². The van der Waals surface area contributed by atoms with Gasteiger partial charge in [-0.3, -0.25) is 0 Å². The van der Waals surface area contributed by atoms with E-state index < -0.39 is 40.7 Å². The summed E-state index contributed by atoms with van der Waals surface area (Å²) in [6, 6.07) is 0. The minimum absolute atomic E-state index is 0.0806. The molecule has 0 aliphatic rings. The van der Waals surface area contributed by atoms with E-state index in [4.69, 9.17) is 5.53 Å². The molecule has 0 spiro atoms. The van der Waals surface area contributed by atoms with Gasteiger partial charge in [0.2, 0.25) is 0 Å². The smallest absolute Gasteiger partial charge is 0.464 e. The van der Waals surface area contributed by atoms with E-state index in [1.807, 2.05) is 0 Å². The van der Waals surface area contributed by atoms with Gasteiger partial charge in [0.1, 0.15) is 0 Å². The van der Waals surface area contributed by atoms with E-state index in [0.717, 1.165) is 0 Å². The maximum absolute atomic E-state index is 12.2. The van der Waals surface area contributed by atoms with E-state index in [1.54, 1.807) is 6.92 Å². The summed E-state index contributed by atoms with van der Waals surface area (Å²) in [6.45, 7) is 1.29. The summed E-state index contributed by atoms with van der Waals surface area (Å²) in [4.78, 5) is 13.8. The molecular weight excluding hydrogens is 319 g/mol. The van der Waals surface area contributed by atoms with Gasteiger partial charge < -0.3 is 4.74 Å². The Morgan fingerprint density at radius 2 is 2.05 bits per heavy atom. The Morgan fingerprint density at radius 3 is 2.52 bits per heavy atom. The average molecular weight is 333 g/mol. The lowest BCUT2D eigenvalue weighted by Crippen LogP contribution is -2.35. The third kappa shape index (κ3) is 7.16. The zero-order valence-corrected chi connectivity index (χ0v) is 11.9. The minimum atomic E-state index is -5.95. The zero-order chi connectivity index (χ0) is 16.5. The van der Waals surface area contributed by atoms with Gasteiger partial charge in [-0.05, 0) is 18.4 Å². The number of alkyl halides is 3. The standard InChI is InChI=1S/C9H14F3N3O5S/c1-2-3-6-19-8(16)7(4-5-14-15-13)20-21(17,18)9(10,11)12/h7H,2-6H2,1H3/t7-/m1/s1. The van der Waals surface area contributed by atoms with Crippen molar-refractivity contribution in [2.75, 3.05) is 13.2 Å². The molecule has 0 N–H and O–H groups in total. The van der Waals surface area contributed by atoms with Crippen molar-refractivity contribution in [2.45, 2.75) is 37.8 Å². The summed E-state index contributed by atoms with van der Waals surface area (Å²) >= 11 is 0. The Kier molecular flexibility index (Phi) is 8.07. The number of carbonyl (C=O) groups excluding carboxylic acids is 1. The van der Waals surface area contributed by atoms with Gasteiger partial charge in [0, 0.05) is 11.5 Å². The van der Waals surface area contributed by atoms with Crippen molar-refractivity contribution in [3.63, 3.8) is 0 Å². The van der Waals surface area contributed by atoms with Gasteiger partial charge in [0.15, 0.2) is 6.10 Å². The maximum Gasteiger partial charge on any atom is 0.523 e. The van der Waals surface area contributed by atoms with Crippen LogP contribution in [0.25, 0.3) is 10.4 Å². The number of hydrogen-bond acceptors (Lipinski definition) is 6. The second kappa shape index (κ2) is 8.70. The first kappa shape index (κ1) is 19.5. The summed E-state index contributed by atoms with van der Waals surface area (Å²) in [5.74, 6) is -1.26. The van der Waals surface area contributed by atoms with Crippen LogP contribution in [0, 0.1) is 0 Å². The van der Waals surface area contributed by atoms with Gasteiger partial charge in [-0.1, -0.05) is 18.5 Å². The summed E-state index contributed by atoms with van der Waals surface area (Å²) in [7, 11) is -5.95. The number of rotatable bonds is 9. The molecule has 0 aromatic heterocycles. The molecule has 0 saturated carbocycles. The number of ether oxygens (including phenoxy) is 1. The number of azide groups is 1. The molecule has 21 heavy (non-hydrogen) atoms. The van der Waals surface area contributed by atoms with Crippen LogP contribution < -0.4 is 0 Å². The third-order valence-electron chi connectivity index (χ3n) is 2.09. The van der Waals surface area contributed by atoms with Crippen LogP contribution in [0.3, 0.4) is 0 Å². The molecule has 0 radical (unpaired) electrons. The number of nitrogens with zero attached hydrogens (tertiary/aromatic N) is 3. The number of unbranched alkanes of at least 4 members (excludes halogenated alkanes) is 1. The number of hydrogen-bond donors (Lipinski definition) is 0. The summed E-state index contributed by atoms with van der Waals surface area (Å²) in [6.07, 6.45) is -1.44. The van der Waals surface area contributed by atoms with E-state index in [-0.39, 0.29) is 6.61 Å². The molecule has 0 unspecified atom stereocenters.